The lowest BCUT2D eigenvalue weighted by atomic mass is 10.1. The number of quaternary nitrogens is 2. The van der Waals surface area contributed by atoms with E-state index in [4.69, 9.17) is 4.74 Å². The number of amides is 1. The lowest BCUT2D eigenvalue weighted by Gasteiger charge is -2.29. The molecule has 2 aromatic carbocycles. The van der Waals surface area contributed by atoms with Crippen LogP contribution in [0, 0.1) is 13.8 Å². The minimum atomic E-state index is -0.300. The molecular formula is C23H31N3O3+2. The van der Waals surface area contributed by atoms with E-state index in [1.54, 1.807) is 6.07 Å². The third kappa shape index (κ3) is 5.65. The zero-order valence-corrected chi connectivity index (χ0v) is 17.5. The van der Waals surface area contributed by atoms with Crippen LogP contribution in [0.4, 0.5) is 5.69 Å². The Bertz CT molecular complexity index is 853. The van der Waals surface area contributed by atoms with E-state index < -0.39 is 0 Å². The van der Waals surface area contributed by atoms with Gasteiger partial charge in [0.2, 0.25) is 0 Å². The zero-order valence-electron chi connectivity index (χ0n) is 17.5. The first-order valence-corrected chi connectivity index (χ1v) is 10.2. The Morgan fingerprint density at radius 3 is 2.24 bits per heavy atom. The summed E-state index contributed by atoms with van der Waals surface area (Å²) < 4.78 is 4.80. The van der Waals surface area contributed by atoms with Gasteiger partial charge in [-0.3, -0.25) is 4.79 Å². The van der Waals surface area contributed by atoms with Gasteiger partial charge in [-0.2, -0.15) is 0 Å². The smallest absolute Gasteiger partial charge is 0.337 e. The molecule has 0 bridgehead atoms. The van der Waals surface area contributed by atoms with Crippen LogP contribution in [0.15, 0.2) is 42.5 Å². The number of esters is 1. The predicted octanol–water partition coefficient (Wildman–Crippen LogP) is 0.0121. The number of hydrogen-bond acceptors (Lipinski definition) is 3. The minimum absolute atomic E-state index is 0.0756. The summed E-state index contributed by atoms with van der Waals surface area (Å²) in [4.78, 5) is 27.0. The number of rotatable bonds is 6. The maximum absolute atomic E-state index is 12.5. The van der Waals surface area contributed by atoms with Gasteiger partial charge in [0.25, 0.3) is 5.91 Å². The van der Waals surface area contributed by atoms with E-state index in [0.717, 1.165) is 55.1 Å². The van der Waals surface area contributed by atoms with Crippen LogP contribution in [0.25, 0.3) is 0 Å². The van der Waals surface area contributed by atoms with Crippen LogP contribution >= 0.6 is 0 Å². The predicted molar refractivity (Wildman–Crippen MR) is 112 cm³/mol. The number of para-hydroxylation sites is 1. The number of methoxy groups -OCH3 is 1. The van der Waals surface area contributed by atoms with Crippen LogP contribution in [-0.4, -0.2) is 51.7 Å². The lowest BCUT2D eigenvalue weighted by molar-refractivity contribution is -1.02. The van der Waals surface area contributed by atoms with Gasteiger partial charge in [0.05, 0.1) is 12.7 Å². The number of carbonyl (C=O) groups is 2. The van der Waals surface area contributed by atoms with Gasteiger partial charge in [-0.15, -0.1) is 0 Å². The molecule has 3 rings (SSSR count). The molecule has 2 aromatic rings. The number of hydrogen-bond donors (Lipinski definition) is 3. The van der Waals surface area contributed by atoms with Gasteiger partial charge in [0.1, 0.15) is 32.7 Å². The fraction of sp³-hybridized carbons (Fsp3) is 0.391. The number of anilines is 1. The highest BCUT2D eigenvalue weighted by atomic mass is 16.5. The van der Waals surface area contributed by atoms with Gasteiger partial charge in [-0.1, -0.05) is 30.3 Å². The lowest BCUT2D eigenvalue weighted by Crippen LogP contribution is -3.28. The molecule has 0 aliphatic carbocycles. The van der Waals surface area contributed by atoms with E-state index >= 15 is 0 Å². The highest BCUT2D eigenvalue weighted by Crippen LogP contribution is 2.18. The Morgan fingerprint density at radius 2 is 1.59 bits per heavy atom. The topological polar surface area (TPSA) is 64.3 Å². The van der Waals surface area contributed by atoms with Crippen molar-refractivity contribution in [3.8, 4) is 0 Å². The van der Waals surface area contributed by atoms with Gasteiger partial charge in [-0.25, -0.2) is 4.79 Å². The summed E-state index contributed by atoms with van der Waals surface area (Å²) in [5.74, 6) is -0.224. The molecule has 0 radical (unpaired) electrons. The number of piperazine rings is 1. The van der Waals surface area contributed by atoms with Crippen molar-refractivity contribution in [3.05, 3.63) is 64.7 Å². The summed E-state index contributed by atoms with van der Waals surface area (Å²) >= 11 is 0. The summed E-state index contributed by atoms with van der Waals surface area (Å²) in [5, 5.41) is 3.09. The van der Waals surface area contributed by atoms with E-state index in [0.29, 0.717) is 12.1 Å². The van der Waals surface area contributed by atoms with Crippen LogP contribution in [0.3, 0.4) is 0 Å². The quantitative estimate of drug-likeness (QED) is 0.602. The molecule has 6 heteroatoms. The summed E-state index contributed by atoms with van der Waals surface area (Å²) in [6.07, 6.45) is 0. The van der Waals surface area contributed by atoms with Crippen LogP contribution in [0.5, 0.6) is 0 Å². The second-order valence-electron chi connectivity index (χ2n) is 7.86. The molecule has 1 saturated heterocycles. The number of aryl methyl sites for hydroxylation is 2. The molecule has 0 spiro atoms. The third-order valence-corrected chi connectivity index (χ3v) is 5.62. The van der Waals surface area contributed by atoms with E-state index in [9.17, 15) is 9.59 Å². The van der Waals surface area contributed by atoms with Gasteiger partial charge in [0, 0.05) is 11.3 Å². The monoisotopic (exact) mass is 397 g/mol. The van der Waals surface area contributed by atoms with Gasteiger partial charge in [0.15, 0.2) is 6.54 Å². The van der Waals surface area contributed by atoms with Crippen molar-refractivity contribution < 1.29 is 24.1 Å². The maximum Gasteiger partial charge on any atom is 0.337 e. The van der Waals surface area contributed by atoms with Crippen LogP contribution in [-0.2, 0) is 16.1 Å². The average Bonchev–Trinajstić information content (AvgIpc) is 2.72. The van der Waals surface area contributed by atoms with Crippen molar-refractivity contribution in [1.82, 2.24) is 0 Å². The van der Waals surface area contributed by atoms with Crippen molar-refractivity contribution >= 4 is 17.6 Å². The maximum atomic E-state index is 12.5. The van der Waals surface area contributed by atoms with Crippen LogP contribution in [0.1, 0.15) is 27.0 Å². The molecular weight excluding hydrogens is 366 g/mol. The molecule has 1 heterocycles. The first-order valence-electron chi connectivity index (χ1n) is 10.2. The number of ether oxygens (including phenoxy) is 1. The number of benzene rings is 2. The Balaban J connectivity index is 1.48. The Kier molecular flexibility index (Phi) is 7.01. The second kappa shape index (κ2) is 9.67. The largest absolute Gasteiger partial charge is 0.465 e. The van der Waals surface area contributed by atoms with Crippen molar-refractivity contribution in [2.24, 2.45) is 0 Å². The van der Waals surface area contributed by atoms with E-state index in [2.05, 4.69) is 11.4 Å². The summed E-state index contributed by atoms with van der Waals surface area (Å²) in [6, 6.07) is 13.7. The zero-order chi connectivity index (χ0) is 20.8. The molecule has 0 saturated carbocycles. The molecule has 1 amide bonds. The molecule has 3 N–H and O–H groups in total. The van der Waals surface area contributed by atoms with Crippen molar-refractivity contribution in [3.63, 3.8) is 0 Å². The standard InChI is InChI=1S/C23H29N3O3/c1-17-6-4-7-18(2)22(17)24-21(27)16-26-12-10-25(11-13-26)15-19-8-5-9-20(14-19)23(28)29-3/h4-9,14H,10-13,15-16H2,1-3H3,(H,24,27)/p+2. The first kappa shape index (κ1) is 21.0. The normalized spacial score (nSPS) is 18.9. The molecule has 0 aromatic heterocycles. The summed E-state index contributed by atoms with van der Waals surface area (Å²) in [6.45, 7) is 9.37. The minimum Gasteiger partial charge on any atom is -0.465 e. The van der Waals surface area contributed by atoms with Crippen molar-refractivity contribution in [2.75, 3.05) is 45.2 Å². The Hall–Kier alpha value is -2.70. The number of carbonyl (C=O) groups excluding carboxylic acids is 2. The molecule has 1 fully saturated rings. The molecule has 0 unspecified atom stereocenters. The molecule has 0 atom stereocenters. The molecule has 1 aliphatic rings. The second-order valence-corrected chi connectivity index (χ2v) is 7.86. The Morgan fingerprint density at radius 1 is 0.966 bits per heavy atom. The SMILES string of the molecule is COC(=O)c1cccc(C[NH+]2CC[NH+](CC(=O)Nc3c(C)cccc3C)CC2)c1. The fourth-order valence-electron chi connectivity index (χ4n) is 3.95. The molecule has 29 heavy (non-hydrogen) atoms. The van der Waals surface area contributed by atoms with Crippen LogP contribution in [0.2, 0.25) is 0 Å². The van der Waals surface area contributed by atoms with Gasteiger partial charge in [-0.05, 0) is 37.1 Å². The summed E-state index contributed by atoms with van der Waals surface area (Å²) in [5.41, 5.74) is 4.86. The number of nitrogens with one attached hydrogen (secondary N) is 3. The van der Waals surface area contributed by atoms with E-state index in [1.807, 2.05) is 44.2 Å². The third-order valence-electron chi connectivity index (χ3n) is 5.62. The molecule has 6 nitrogen and oxygen atoms in total. The first-order chi connectivity index (χ1) is 14.0. The molecule has 1 aliphatic heterocycles. The average molecular weight is 398 g/mol. The highest BCUT2D eigenvalue weighted by Gasteiger charge is 2.25. The van der Waals surface area contributed by atoms with E-state index in [-0.39, 0.29) is 11.9 Å². The molecule has 154 valence electrons. The fourth-order valence-corrected chi connectivity index (χ4v) is 3.95. The van der Waals surface area contributed by atoms with Crippen molar-refractivity contribution in [1.29, 1.82) is 0 Å². The van der Waals surface area contributed by atoms with Gasteiger partial charge < -0.3 is 19.9 Å². The van der Waals surface area contributed by atoms with E-state index in [1.165, 1.54) is 16.9 Å². The summed E-state index contributed by atoms with van der Waals surface area (Å²) in [7, 11) is 1.40. The Labute approximate surface area is 172 Å². The van der Waals surface area contributed by atoms with Crippen molar-refractivity contribution in [2.45, 2.75) is 20.4 Å². The van der Waals surface area contributed by atoms with Gasteiger partial charge >= 0.3 is 5.97 Å². The highest BCUT2D eigenvalue weighted by molar-refractivity contribution is 5.93. The van der Waals surface area contributed by atoms with Crippen LogP contribution < -0.4 is 15.1 Å².